The Morgan fingerprint density at radius 1 is 0.947 bits per heavy atom. The minimum Gasteiger partial charge on any atom is -0.496 e. The molecule has 0 saturated heterocycles. The summed E-state index contributed by atoms with van der Waals surface area (Å²) in [6, 6.07) is 9.96. The highest BCUT2D eigenvalue weighted by Crippen LogP contribution is 2.31. The van der Waals surface area contributed by atoms with Crippen LogP contribution in [0, 0.1) is 20.8 Å². The Hall–Kier alpha value is -2.09. The molecule has 98 valence electrons. The summed E-state index contributed by atoms with van der Waals surface area (Å²) in [5.74, 6) is 0.924. The van der Waals surface area contributed by atoms with E-state index < -0.39 is 0 Å². The van der Waals surface area contributed by atoms with Gasteiger partial charge in [-0.25, -0.2) is 0 Å². The number of methoxy groups -OCH3 is 1. The van der Waals surface area contributed by atoms with Crippen LogP contribution in [0.4, 0.5) is 0 Å². The molecule has 2 aromatic rings. The van der Waals surface area contributed by atoms with E-state index in [4.69, 9.17) is 4.74 Å². The molecule has 0 heterocycles. The summed E-state index contributed by atoms with van der Waals surface area (Å²) in [4.78, 5) is 10.9. The van der Waals surface area contributed by atoms with Crippen molar-refractivity contribution >= 4 is 6.29 Å². The molecule has 0 atom stereocenters. The predicted molar refractivity (Wildman–Crippen MR) is 78.0 cm³/mol. The molecule has 0 radical (unpaired) electrons. The summed E-state index contributed by atoms with van der Waals surface area (Å²) in [7, 11) is 1.69. The lowest BCUT2D eigenvalue weighted by Crippen LogP contribution is -1.94. The van der Waals surface area contributed by atoms with Crippen molar-refractivity contribution in [3.8, 4) is 16.9 Å². The maximum atomic E-state index is 10.9. The summed E-state index contributed by atoms with van der Waals surface area (Å²) in [6.45, 7) is 6.13. The monoisotopic (exact) mass is 254 g/mol. The van der Waals surface area contributed by atoms with Crippen LogP contribution in [0.5, 0.6) is 5.75 Å². The molecule has 2 aromatic carbocycles. The molecule has 0 saturated carbocycles. The number of carbonyl (C=O) groups is 1. The van der Waals surface area contributed by atoms with Gasteiger partial charge in [-0.2, -0.15) is 0 Å². The lowest BCUT2D eigenvalue weighted by atomic mass is 9.95. The van der Waals surface area contributed by atoms with Gasteiger partial charge in [0.25, 0.3) is 0 Å². The highest BCUT2D eigenvalue weighted by atomic mass is 16.5. The maximum absolute atomic E-state index is 10.9. The molecule has 0 fully saturated rings. The third-order valence-corrected chi connectivity index (χ3v) is 3.37. The van der Waals surface area contributed by atoms with Crippen LogP contribution in [0.1, 0.15) is 27.0 Å². The van der Waals surface area contributed by atoms with Gasteiger partial charge in [-0.15, -0.1) is 0 Å². The first-order valence-electron chi connectivity index (χ1n) is 6.28. The van der Waals surface area contributed by atoms with E-state index in [2.05, 4.69) is 19.1 Å². The van der Waals surface area contributed by atoms with Crippen molar-refractivity contribution in [1.29, 1.82) is 0 Å². The Morgan fingerprint density at radius 2 is 1.58 bits per heavy atom. The molecule has 19 heavy (non-hydrogen) atoms. The van der Waals surface area contributed by atoms with Gasteiger partial charge in [-0.05, 0) is 66.8 Å². The summed E-state index contributed by atoms with van der Waals surface area (Å²) < 4.78 is 5.39. The van der Waals surface area contributed by atoms with Gasteiger partial charge in [0.05, 0.1) is 7.11 Å². The van der Waals surface area contributed by atoms with Crippen molar-refractivity contribution in [2.24, 2.45) is 0 Å². The average Bonchev–Trinajstić information content (AvgIpc) is 2.39. The quantitative estimate of drug-likeness (QED) is 0.771. The topological polar surface area (TPSA) is 26.3 Å². The van der Waals surface area contributed by atoms with Crippen LogP contribution in [-0.2, 0) is 0 Å². The third-order valence-electron chi connectivity index (χ3n) is 3.37. The van der Waals surface area contributed by atoms with Crippen molar-refractivity contribution in [2.45, 2.75) is 20.8 Å². The zero-order valence-electron chi connectivity index (χ0n) is 11.8. The largest absolute Gasteiger partial charge is 0.496 e. The van der Waals surface area contributed by atoms with Gasteiger partial charge in [0.1, 0.15) is 12.0 Å². The van der Waals surface area contributed by atoms with Gasteiger partial charge in [0, 0.05) is 5.56 Å². The highest BCUT2D eigenvalue weighted by molar-refractivity contribution is 5.80. The molecule has 0 spiro atoms. The number of ether oxygens (including phenoxy) is 1. The van der Waals surface area contributed by atoms with Crippen LogP contribution in [-0.4, -0.2) is 13.4 Å². The second kappa shape index (κ2) is 5.27. The van der Waals surface area contributed by atoms with Crippen LogP contribution < -0.4 is 4.74 Å². The molecule has 2 rings (SSSR count). The number of hydrogen-bond donors (Lipinski definition) is 0. The zero-order valence-corrected chi connectivity index (χ0v) is 11.8. The summed E-state index contributed by atoms with van der Waals surface area (Å²) in [6.07, 6.45) is 0.881. The number of benzene rings is 2. The van der Waals surface area contributed by atoms with E-state index in [0.717, 1.165) is 39.9 Å². The molecule has 0 aliphatic rings. The fraction of sp³-hybridized carbons (Fsp3) is 0.235. The molecule has 2 heteroatoms. The lowest BCUT2D eigenvalue weighted by Gasteiger charge is -2.13. The average molecular weight is 254 g/mol. The predicted octanol–water partition coefficient (Wildman–Crippen LogP) is 4.10. The molecular weight excluding hydrogens is 236 g/mol. The van der Waals surface area contributed by atoms with Crippen LogP contribution in [0.15, 0.2) is 30.3 Å². The maximum Gasteiger partial charge on any atom is 0.150 e. The molecule has 0 aliphatic carbocycles. The first-order chi connectivity index (χ1) is 9.06. The fourth-order valence-corrected chi connectivity index (χ4v) is 2.45. The van der Waals surface area contributed by atoms with E-state index >= 15 is 0 Å². The number of aryl methyl sites for hydroxylation is 3. The van der Waals surface area contributed by atoms with E-state index in [1.165, 1.54) is 0 Å². The Labute approximate surface area is 114 Å². The Bertz CT molecular complexity index is 604. The summed E-state index contributed by atoms with van der Waals surface area (Å²) in [5.41, 5.74) is 6.29. The third kappa shape index (κ3) is 2.53. The van der Waals surface area contributed by atoms with Crippen LogP contribution in [0.2, 0.25) is 0 Å². The van der Waals surface area contributed by atoms with Gasteiger partial charge in [0.15, 0.2) is 0 Å². The van der Waals surface area contributed by atoms with Crippen LogP contribution in [0.25, 0.3) is 11.1 Å². The molecule has 0 aromatic heterocycles. The second-order valence-electron chi connectivity index (χ2n) is 4.84. The molecule has 0 amide bonds. The van der Waals surface area contributed by atoms with Gasteiger partial charge in [-0.1, -0.05) is 12.1 Å². The molecule has 0 N–H and O–H groups in total. The first kappa shape index (κ1) is 13.3. The van der Waals surface area contributed by atoms with Crippen molar-refractivity contribution in [2.75, 3.05) is 7.11 Å². The Morgan fingerprint density at radius 3 is 2.11 bits per heavy atom. The number of rotatable bonds is 3. The SMILES string of the molecule is COc1c(C)cc(-c2cc(C=O)ccc2C)cc1C. The summed E-state index contributed by atoms with van der Waals surface area (Å²) >= 11 is 0. The van der Waals surface area contributed by atoms with Crippen LogP contribution >= 0.6 is 0 Å². The minimum absolute atomic E-state index is 0.701. The molecule has 0 aliphatic heterocycles. The normalized spacial score (nSPS) is 10.3. The molecule has 2 nitrogen and oxygen atoms in total. The number of carbonyl (C=O) groups excluding carboxylic acids is 1. The molecule has 0 unspecified atom stereocenters. The van der Waals surface area contributed by atoms with Crippen molar-refractivity contribution in [3.05, 3.63) is 52.6 Å². The number of aldehydes is 1. The Kier molecular flexibility index (Phi) is 3.70. The van der Waals surface area contributed by atoms with Gasteiger partial charge >= 0.3 is 0 Å². The van der Waals surface area contributed by atoms with Gasteiger partial charge in [-0.3, -0.25) is 4.79 Å². The zero-order chi connectivity index (χ0) is 14.0. The first-order valence-corrected chi connectivity index (χ1v) is 6.28. The second-order valence-corrected chi connectivity index (χ2v) is 4.84. The number of hydrogen-bond acceptors (Lipinski definition) is 2. The fourth-order valence-electron chi connectivity index (χ4n) is 2.45. The molecular formula is C17H18O2. The standard InChI is InChI=1S/C17H18O2/c1-11-5-6-14(10-18)9-16(11)15-7-12(2)17(19-4)13(3)8-15/h5-10H,1-4H3. The van der Waals surface area contributed by atoms with E-state index in [-0.39, 0.29) is 0 Å². The van der Waals surface area contributed by atoms with Crippen molar-refractivity contribution in [3.63, 3.8) is 0 Å². The van der Waals surface area contributed by atoms with Gasteiger partial charge < -0.3 is 4.74 Å². The van der Waals surface area contributed by atoms with E-state index in [1.807, 2.05) is 32.0 Å². The summed E-state index contributed by atoms with van der Waals surface area (Å²) in [5, 5.41) is 0. The van der Waals surface area contributed by atoms with E-state index in [0.29, 0.717) is 5.56 Å². The van der Waals surface area contributed by atoms with E-state index in [1.54, 1.807) is 7.11 Å². The van der Waals surface area contributed by atoms with Crippen molar-refractivity contribution < 1.29 is 9.53 Å². The van der Waals surface area contributed by atoms with E-state index in [9.17, 15) is 4.79 Å². The Balaban J connectivity index is 2.62. The van der Waals surface area contributed by atoms with Gasteiger partial charge in [0.2, 0.25) is 0 Å². The minimum atomic E-state index is 0.701. The van der Waals surface area contributed by atoms with Crippen molar-refractivity contribution in [1.82, 2.24) is 0 Å². The molecule has 0 bridgehead atoms. The highest BCUT2D eigenvalue weighted by Gasteiger charge is 2.09. The smallest absolute Gasteiger partial charge is 0.150 e. The lowest BCUT2D eigenvalue weighted by molar-refractivity contribution is 0.112. The van der Waals surface area contributed by atoms with Crippen LogP contribution in [0.3, 0.4) is 0 Å².